The van der Waals surface area contributed by atoms with E-state index in [0.29, 0.717) is 5.56 Å². The topological polar surface area (TPSA) is 12.0 Å². The van der Waals surface area contributed by atoms with Crippen molar-refractivity contribution in [3.05, 3.63) is 35.4 Å². The van der Waals surface area contributed by atoms with Gasteiger partial charge in [-0.2, -0.15) is 0 Å². The third-order valence-corrected chi connectivity index (χ3v) is 2.50. The molecule has 90 valence electrons. The monoisotopic (exact) mass is 227 g/mol. The van der Waals surface area contributed by atoms with Crippen LogP contribution in [-0.4, -0.2) is 7.05 Å². The van der Waals surface area contributed by atoms with Crippen molar-refractivity contribution in [2.24, 2.45) is 5.41 Å². The van der Waals surface area contributed by atoms with E-state index >= 15 is 0 Å². The van der Waals surface area contributed by atoms with Gasteiger partial charge in [0.1, 0.15) is 11.6 Å². The van der Waals surface area contributed by atoms with Gasteiger partial charge in [-0.1, -0.05) is 20.8 Å². The second kappa shape index (κ2) is 4.91. The van der Waals surface area contributed by atoms with Gasteiger partial charge in [-0.05, 0) is 37.1 Å². The average molecular weight is 227 g/mol. The molecule has 1 nitrogen and oxygen atoms in total. The zero-order chi connectivity index (χ0) is 12.3. The molecule has 0 amide bonds. The first-order valence-electron chi connectivity index (χ1n) is 5.46. The molecular formula is C13H19F2N. The van der Waals surface area contributed by atoms with Crippen LogP contribution in [0.1, 0.15) is 38.8 Å². The van der Waals surface area contributed by atoms with E-state index in [-0.39, 0.29) is 17.3 Å². The van der Waals surface area contributed by atoms with Crippen LogP contribution in [0, 0.1) is 17.0 Å². The summed E-state index contributed by atoms with van der Waals surface area (Å²) in [6.07, 6.45) is 0.754. The maximum atomic E-state index is 13.6. The molecule has 3 heteroatoms. The molecule has 0 aliphatic rings. The van der Waals surface area contributed by atoms with E-state index in [1.807, 2.05) is 0 Å². The van der Waals surface area contributed by atoms with Gasteiger partial charge in [-0.25, -0.2) is 8.78 Å². The molecule has 1 aromatic rings. The van der Waals surface area contributed by atoms with Gasteiger partial charge in [0.15, 0.2) is 0 Å². The summed E-state index contributed by atoms with van der Waals surface area (Å²) in [6.45, 7) is 6.23. The highest BCUT2D eigenvalue weighted by atomic mass is 19.1. The van der Waals surface area contributed by atoms with Gasteiger partial charge in [0.25, 0.3) is 0 Å². The van der Waals surface area contributed by atoms with Crippen molar-refractivity contribution in [3.63, 3.8) is 0 Å². The molecule has 0 radical (unpaired) electrons. The third-order valence-electron chi connectivity index (χ3n) is 2.50. The van der Waals surface area contributed by atoms with E-state index in [9.17, 15) is 8.78 Å². The Kier molecular flexibility index (Phi) is 4.03. The number of hydrogen-bond donors (Lipinski definition) is 1. The van der Waals surface area contributed by atoms with Gasteiger partial charge in [-0.3, -0.25) is 0 Å². The highest BCUT2D eigenvalue weighted by Crippen LogP contribution is 2.30. The number of nitrogens with one attached hydrogen (secondary N) is 1. The predicted octanol–water partition coefficient (Wildman–Crippen LogP) is 3.66. The van der Waals surface area contributed by atoms with E-state index < -0.39 is 5.82 Å². The Morgan fingerprint density at radius 2 is 1.88 bits per heavy atom. The van der Waals surface area contributed by atoms with Gasteiger partial charge in [0, 0.05) is 11.6 Å². The molecule has 1 atom stereocenters. The molecule has 0 aliphatic heterocycles. The van der Waals surface area contributed by atoms with Crippen LogP contribution in [0.2, 0.25) is 0 Å². The summed E-state index contributed by atoms with van der Waals surface area (Å²) in [6, 6.07) is 3.43. The molecule has 0 spiro atoms. The Morgan fingerprint density at radius 3 is 2.38 bits per heavy atom. The van der Waals surface area contributed by atoms with E-state index in [4.69, 9.17) is 0 Å². The zero-order valence-corrected chi connectivity index (χ0v) is 10.3. The van der Waals surface area contributed by atoms with Crippen molar-refractivity contribution in [1.29, 1.82) is 0 Å². The van der Waals surface area contributed by atoms with Crippen LogP contribution >= 0.6 is 0 Å². The quantitative estimate of drug-likeness (QED) is 0.831. The molecular weight excluding hydrogens is 208 g/mol. The lowest BCUT2D eigenvalue weighted by molar-refractivity contribution is 0.315. The Labute approximate surface area is 95.9 Å². The average Bonchev–Trinajstić information content (AvgIpc) is 2.17. The summed E-state index contributed by atoms with van der Waals surface area (Å²) in [5.41, 5.74) is 0.462. The minimum atomic E-state index is -0.398. The lowest BCUT2D eigenvalue weighted by atomic mass is 9.85. The first-order valence-corrected chi connectivity index (χ1v) is 5.46. The molecule has 0 aliphatic carbocycles. The van der Waals surface area contributed by atoms with Gasteiger partial charge in [-0.15, -0.1) is 0 Å². The Morgan fingerprint density at radius 1 is 1.25 bits per heavy atom. The lowest BCUT2D eigenvalue weighted by Gasteiger charge is -2.26. The Bertz CT molecular complexity index is 355. The molecule has 0 aromatic heterocycles. The van der Waals surface area contributed by atoms with Crippen molar-refractivity contribution in [3.8, 4) is 0 Å². The molecule has 1 rings (SSSR count). The normalized spacial score (nSPS) is 13.9. The second-order valence-electron chi connectivity index (χ2n) is 5.27. The van der Waals surface area contributed by atoms with Gasteiger partial charge in [0.2, 0.25) is 0 Å². The van der Waals surface area contributed by atoms with E-state index in [0.717, 1.165) is 12.5 Å². The minimum absolute atomic E-state index is 0.0619. The van der Waals surface area contributed by atoms with Gasteiger partial charge < -0.3 is 5.32 Å². The SMILES string of the molecule is CNC(CC(C)(C)C)c1cc(F)ccc1F. The first kappa shape index (κ1) is 13.1. The molecule has 16 heavy (non-hydrogen) atoms. The van der Waals surface area contributed by atoms with Crippen LogP contribution < -0.4 is 5.32 Å². The van der Waals surface area contributed by atoms with Gasteiger partial charge >= 0.3 is 0 Å². The van der Waals surface area contributed by atoms with Crippen molar-refractivity contribution < 1.29 is 8.78 Å². The molecule has 0 saturated carbocycles. The summed E-state index contributed by atoms with van der Waals surface area (Å²) < 4.78 is 26.7. The molecule has 0 bridgehead atoms. The third kappa shape index (κ3) is 3.56. The Balaban J connectivity index is 2.99. The fourth-order valence-corrected chi connectivity index (χ4v) is 1.76. The molecule has 1 N–H and O–H groups in total. The smallest absolute Gasteiger partial charge is 0.128 e. The van der Waals surface area contributed by atoms with Crippen molar-refractivity contribution >= 4 is 0 Å². The summed E-state index contributed by atoms with van der Waals surface area (Å²) in [5.74, 6) is -0.754. The van der Waals surface area contributed by atoms with Crippen LogP contribution in [-0.2, 0) is 0 Å². The maximum Gasteiger partial charge on any atom is 0.128 e. The summed E-state index contributed by atoms with van der Waals surface area (Å²) in [4.78, 5) is 0. The summed E-state index contributed by atoms with van der Waals surface area (Å²) in [7, 11) is 1.76. The fourth-order valence-electron chi connectivity index (χ4n) is 1.76. The maximum absolute atomic E-state index is 13.6. The largest absolute Gasteiger partial charge is 0.313 e. The van der Waals surface area contributed by atoms with Crippen molar-refractivity contribution in [1.82, 2.24) is 5.32 Å². The molecule has 0 heterocycles. The Hall–Kier alpha value is -0.960. The van der Waals surface area contributed by atoms with Crippen LogP contribution in [0.4, 0.5) is 8.78 Å². The standard InChI is InChI=1S/C13H19F2N/c1-13(2,3)8-12(16-4)10-7-9(14)5-6-11(10)15/h5-7,12,16H,8H2,1-4H3. The lowest BCUT2D eigenvalue weighted by Crippen LogP contribution is -2.23. The number of halogens is 2. The highest BCUT2D eigenvalue weighted by molar-refractivity contribution is 5.22. The highest BCUT2D eigenvalue weighted by Gasteiger charge is 2.21. The van der Waals surface area contributed by atoms with Crippen LogP contribution in [0.5, 0.6) is 0 Å². The van der Waals surface area contributed by atoms with Crippen molar-refractivity contribution in [2.45, 2.75) is 33.2 Å². The van der Waals surface area contributed by atoms with Crippen molar-refractivity contribution in [2.75, 3.05) is 7.05 Å². The summed E-state index contributed by atoms with van der Waals surface area (Å²) in [5, 5.41) is 3.04. The van der Waals surface area contributed by atoms with E-state index in [1.165, 1.54) is 12.1 Å². The molecule has 1 unspecified atom stereocenters. The minimum Gasteiger partial charge on any atom is -0.313 e. The van der Waals surface area contributed by atoms with E-state index in [2.05, 4.69) is 26.1 Å². The molecule has 0 saturated heterocycles. The zero-order valence-electron chi connectivity index (χ0n) is 10.3. The van der Waals surface area contributed by atoms with Crippen LogP contribution in [0.25, 0.3) is 0 Å². The second-order valence-corrected chi connectivity index (χ2v) is 5.27. The van der Waals surface area contributed by atoms with Crippen LogP contribution in [0.15, 0.2) is 18.2 Å². The predicted molar refractivity (Wildman–Crippen MR) is 62.2 cm³/mol. The fraction of sp³-hybridized carbons (Fsp3) is 0.538. The molecule has 1 aromatic carbocycles. The number of rotatable bonds is 3. The number of benzene rings is 1. The number of hydrogen-bond acceptors (Lipinski definition) is 1. The summed E-state index contributed by atoms with van der Waals surface area (Å²) >= 11 is 0. The first-order chi connectivity index (χ1) is 7.33. The van der Waals surface area contributed by atoms with Gasteiger partial charge in [0.05, 0.1) is 0 Å². The van der Waals surface area contributed by atoms with Crippen LogP contribution in [0.3, 0.4) is 0 Å². The van der Waals surface area contributed by atoms with E-state index in [1.54, 1.807) is 7.05 Å². The molecule has 0 fully saturated rings.